The predicted octanol–water partition coefficient (Wildman–Crippen LogP) is 1.31. The van der Waals surface area contributed by atoms with Crippen molar-refractivity contribution >= 4 is 10.9 Å². The van der Waals surface area contributed by atoms with E-state index in [-0.39, 0.29) is 23.3 Å². The Morgan fingerprint density at radius 1 is 1.41 bits per heavy atom. The highest BCUT2D eigenvalue weighted by Gasteiger charge is 2.44. The maximum atomic E-state index is 14.0. The Balaban J connectivity index is 2.10. The van der Waals surface area contributed by atoms with E-state index < -0.39 is 24.1 Å². The molecular weight excluding hydrogens is 296 g/mol. The number of ether oxygens (including phenoxy) is 2. The lowest BCUT2D eigenvalue weighted by Crippen LogP contribution is -2.52. The first-order valence-corrected chi connectivity index (χ1v) is 6.82. The van der Waals surface area contributed by atoms with Gasteiger partial charge in [0.2, 0.25) is 0 Å². The zero-order valence-electron chi connectivity index (χ0n) is 11.9. The van der Waals surface area contributed by atoms with Gasteiger partial charge in [-0.15, -0.1) is 0 Å². The average molecular weight is 311 g/mol. The van der Waals surface area contributed by atoms with Crippen LogP contribution in [0.15, 0.2) is 23.3 Å². The van der Waals surface area contributed by atoms with Gasteiger partial charge < -0.3 is 19.8 Å². The van der Waals surface area contributed by atoms with Crippen LogP contribution < -0.4 is 20.3 Å². The molecule has 2 aromatic rings. The van der Waals surface area contributed by atoms with Gasteiger partial charge in [-0.05, 0) is 18.7 Å². The number of hydrogen-bond donors (Lipinski definition) is 2. The van der Waals surface area contributed by atoms with Gasteiger partial charge in [0.1, 0.15) is 5.39 Å². The van der Waals surface area contributed by atoms with E-state index in [0.29, 0.717) is 12.1 Å². The highest BCUT2D eigenvalue weighted by molar-refractivity contribution is 5.86. The van der Waals surface area contributed by atoms with Gasteiger partial charge in [-0.1, -0.05) is 0 Å². The van der Waals surface area contributed by atoms with Crippen molar-refractivity contribution in [1.29, 1.82) is 0 Å². The SMILES string of the molecule is COc1ccc2nc[nH]c(=O)c2c1OC1CCNCC1(F)F. The fourth-order valence-corrected chi connectivity index (χ4v) is 2.49. The first-order chi connectivity index (χ1) is 10.5. The first-order valence-electron chi connectivity index (χ1n) is 6.82. The maximum Gasteiger partial charge on any atom is 0.296 e. The summed E-state index contributed by atoms with van der Waals surface area (Å²) in [6.45, 7) is -0.0404. The maximum absolute atomic E-state index is 14.0. The van der Waals surface area contributed by atoms with Gasteiger partial charge in [0, 0.05) is 6.42 Å². The van der Waals surface area contributed by atoms with Crippen molar-refractivity contribution in [1.82, 2.24) is 15.3 Å². The summed E-state index contributed by atoms with van der Waals surface area (Å²) in [6, 6.07) is 3.13. The summed E-state index contributed by atoms with van der Waals surface area (Å²) in [6.07, 6.45) is 0.0537. The van der Waals surface area contributed by atoms with E-state index in [0.717, 1.165) is 0 Å². The number of fused-ring (bicyclic) bond motifs is 1. The van der Waals surface area contributed by atoms with Crippen LogP contribution in [0.2, 0.25) is 0 Å². The second-order valence-corrected chi connectivity index (χ2v) is 5.06. The van der Waals surface area contributed by atoms with Crippen LogP contribution in [0.4, 0.5) is 8.78 Å². The minimum atomic E-state index is -3.03. The Labute approximate surface area is 124 Å². The number of aromatic amines is 1. The third-order valence-corrected chi connectivity index (χ3v) is 3.62. The molecule has 8 heteroatoms. The van der Waals surface area contributed by atoms with E-state index >= 15 is 0 Å². The number of halogens is 2. The van der Waals surface area contributed by atoms with Crippen LogP contribution in [0.3, 0.4) is 0 Å². The molecule has 1 aromatic carbocycles. The van der Waals surface area contributed by atoms with Crippen molar-refractivity contribution in [2.45, 2.75) is 18.4 Å². The molecule has 2 N–H and O–H groups in total. The molecule has 1 aliphatic rings. The number of piperidine rings is 1. The van der Waals surface area contributed by atoms with Gasteiger partial charge in [-0.3, -0.25) is 4.79 Å². The molecule has 3 rings (SSSR count). The van der Waals surface area contributed by atoms with Gasteiger partial charge in [0.25, 0.3) is 11.5 Å². The number of nitrogens with one attached hydrogen (secondary N) is 2. The summed E-state index contributed by atoms with van der Waals surface area (Å²) in [4.78, 5) is 18.5. The molecule has 1 atom stereocenters. The molecule has 0 radical (unpaired) electrons. The zero-order chi connectivity index (χ0) is 15.7. The van der Waals surface area contributed by atoms with E-state index in [1.807, 2.05) is 0 Å². The second kappa shape index (κ2) is 5.53. The average Bonchev–Trinajstić information content (AvgIpc) is 2.49. The van der Waals surface area contributed by atoms with Crippen molar-refractivity contribution in [2.75, 3.05) is 20.2 Å². The van der Waals surface area contributed by atoms with Crippen molar-refractivity contribution in [3.8, 4) is 11.5 Å². The van der Waals surface area contributed by atoms with Crippen molar-refractivity contribution in [2.24, 2.45) is 0 Å². The Morgan fingerprint density at radius 3 is 2.95 bits per heavy atom. The predicted molar refractivity (Wildman–Crippen MR) is 75.8 cm³/mol. The fourth-order valence-electron chi connectivity index (χ4n) is 2.49. The van der Waals surface area contributed by atoms with Crippen molar-refractivity contribution in [3.63, 3.8) is 0 Å². The Hall–Kier alpha value is -2.22. The minimum absolute atomic E-state index is 0.000856. The molecule has 1 aliphatic heterocycles. The van der Waals surface area contributed by atoms with Crippen LogP contribution >= 0.6 is 0 Å². The van der Waals surface area contributed by atoms with Gasteiger partial charge in [0.05, 0.1) is 25.5 Å². The van der Waals surface area contributed by atoms with Gasteiger partial charge in [-0.25, -0.2) is 13.8 Å². The fraction of sp³-hybridized carbons (Fsp3) is 0.429. The molecule has 1 unspecified atom stereocenters. The standard InChI is InChI=1S/C14H15F2N3O3/c1-21-9-3-2-8-11(13(20)19-7-18-8)12(9)22-10-4-5-17-6-14(10,15)16/h2-3,7,10,17H,4-6H2,1H3,(H,18,19,20). The lowest BCUT2D eigenvalue weighted by Gasteiger charge is -2.32. The van der Waals surface area contributed by atoms with Crippen LogP contribution in [-0.2, 0) is 0 Å². The summed E-state index contributed by atoms with van der Waals surface area (Å²) in [5.41, 5.74) is -0.104. The highest BCUT2D eigenvalue weighted by atomic mass is 19.3. The Morgan fingerprint density at radius 2 is 2.23 bits per heavy atom. The summed E-state index contributed by atoms with van der Waals surface area (Å²) < 4.78 is 38.6. The third-order valence-electron chi connectivity index (χ3n) is 3.62. The lowest BCUT2D eigenvalue weighted by atomic mass is 10.1. The molecule has 0 saturated carbocycles. The molecule has 0 aliphatic carbocycles. The van der Waals surface area contributed by atoms with Crippen LogP contribution in [-0.4, -0.2) is 42.2 Å². The number of nitrogens with zero attached hydrogens (tertiary/aromatic N) is 1. The minimum Gasteiger partial charge on any atom is -0.493 e. The first kappa shape index (κ1) is 14.7. The number of methoxy groups -OCH3 is 1. The topological polar surface area (TPSA) is 76.2 Å². The lowest BCUT2D eigenvalue weighted by molar-refractivity contribution is -0.108. The molecule has 1 aromatic heterocycles. The van der Waals surface area contributed by atoms with Crippen LogP contribution in [0.5, 0.6) is 11.5 Å². The number of hydrogen-bond acceptors (Lipinski definition) is 5. The quantitative estimate of drug-likeness (QED) is 0.894. The molecule has 0 spiro atoms. The van der Waals surface area contributed by atoms with Gasteiger partial charge in [-0.2, -0.15) is 0 Å². The normalized spacial score (nSPS) is 20.8. The smallest absolute Gasteiger partial charge is 0.296 e. The monoisotopic (exact) mass is 311 g/mol. The highest BCUT2D eigenvalue weighted by Crippen LogP contribution is 2.36. The number of alkyl halides is 2. The molecule has 118 valence electrons. The molecule has 1 saturated heterocycles. The largest absolute Gasteiger partial charge is 0.493 e. The second-order valence-electron chi connectivity index (χ2n) is 5.06. The Kier molecular flexibility index (Phi) is 3.69. The number of aromatic nitrogens is 2. The van der Waals surface area contributed by atoms with Crippen LogP contribution in [0.1, 0.15) is 6.42 Å². The van der Waals surface area contributed by atoms with Gasteiger partial charge >= 0.3 is 0 Å². The van der Waals surface area contributed by atoms with E-state index in [2.05, 4.69) is 15.3 Å². The molecule has 1 fully saturated rings. The molecule has 0 amide bonds. The van der Waals surface area contributed by atoms with E-state index in [4.69, 9.17) is 9.47 Å². The molecule has 6 nitrogen and oxygen atoms in total. The number of rotatable bonds is 3. The molecule has 0 bridgehead atoms. The van der Waals surface area contributed by atoms with E-state index in [9.17, 15) is 13.6 Å². The van der Waals surface area contributed by atoms with Crippen LogP contribution in [0, 0.1) is 0 Å². The van der Waals surface area contributed by atoms with E-state index in [1.165, 1.54) is 13.4 Å². The van der Waals surface area contributed by atoms with Crippen molar-refractivity contribution < 1.29 is 18.3 Å². The third kappa shape index (κ3) is 2.50. The summed E-state index contributed by atoms with van der Waals surface area (Å²) in [7, 11) is 1.39. The number of benzene rings is 1. The molecular formula is C14H15F2N3O3. The van der Waals surface area contributed by atoms with Crippen LogP contribution in [0.25, 0.3) is 10.9 Å². The van der Waals surface area contributed by atoms with E-state index in [1.54, 1.807) is 12.1 Å². The summed E-state index contributed by atoms with van der Waals surface area (Å²) in [5.74, 6) is -2.80. The van der Waals surface area contributed by atoms with Gasteiger partial charge in [0.15, 0.2) is 17.6 Å². The summed E-state index contributed by atoms with van der Waals surface area (Å²) in [5, 5.41) is 2.73. The Bertz CT molecular complexity index is 748. The zero-order valence-corrected chi connectivity index (χ0v) is 11.9. The summed E-state index contributed by atoms with van der Waals surface area (Å²) >= 11 is 0. The number of H-pyrrole nitrogens is 1. The molecule has 22 heavy (non-hydrogen) atoms. The van der Waals surface area contributed by atoms with Crippen molar-refractivity contribution in [3.05, 3.63) is 28.8 Å². The molecule has 2 heterocycles.